The average molecular weight is 273 g/mol. The fourth-order valence-electron chi connectivity index (χ4n) is 2.99. The molecule has 1 aliphatic heterocycles. The predicted molar refractivity (Wildman–Crippen MR) is 74.9 cm³/mol. The molecule has 0 saturated heterocycles. The SMILES string of the molecule is CC1=C(C(=O)NC2c3ccccc3CC2O)CCCO1. The number of carbonyl (C=O) groups is 1. The highest BCUT2D eigenvalue weighted by molar-refractivity contribution is 5.94. The molecular weight excluding hydrogens is 254 g/mol. The molecule has 1 aliphatic carbocycles. The van der Waals surface area contributed by atoms with Crippen molar-refractivity contribution in [1.82, 2.24) is 5.32 Å². The Labute approximate surface area is 118 Å². The third-order valence-corrected chi connectivity index (χ3v) is 4.08. The second-order valence-corrected chi connectivity index (χ2v) is 5.41. The number of aliphatic hydroxyl groups is 1. The number of hydrogen-bond donors (Lipinski definition) is 2. The summed E-state index contributed by atoms with van der Waals surface area (Å²) in [6, 6.07) is 7.54. The third-order valence-electron chi connectivity index (χ3n) is 4.08. The topological polar surface area (TPSA) is 58.6 Å². The molecular formula is C16H19NO3. The van der Waals surface area contributed by atoms with Crippen molar-refractivity contribution in [2.24, 2.45) is 0 Å². The van der Waals surface area contributed by atoms with Gasteiger partial charge in [-0.2, -0.15) is 0 Å². The van der Waals surface area contributed by atoms with Gasteiger partial charge in [-0.3, -0.25) is 4.79 Å². The summed E-state index contributed by atoms with van der Waals surface area (Å²) in [4.78, 5) is 12.4. The van der Waals surface area contributed by atoms with Crippen LogP contribution in [0.25, 0.3) is 0 Å². The standard InChI is InChI=1S/C16H19NO3/c1-10-12(7-4-8-20-10)16(19)17-15-13-6-3-2-5-11(13)9-14(15)18/h2-3,5-6,14-15,18H,4,7-9H2,1H3,(H,17,19). The van der Waals surface area contributed by atoms with E-state index in [0.717, 1.165) is 24.0 Å². The summed E-state index contributed by atoms with van der Waals surface area (Å²) in [5.41, 5.74) is 2.83. The van der Waals surface area contributed by atoms with E-state index in [9.17, 15) is 9.90 Å². The maximum absolute atomic E-state index is 12.4. The number of carbonyl (C=O) groups excluding carboxylic acids is 1. The number of aliphatic hydroxyl groups excluding tert-OH is 1. The smallest absolute Gasteiger partial charge is 0.251 e. The average Bonchev–Trinajstić information content (AvgIpc) is 2.76. The van der Waals surface area contributed by atoms with Crippen molar-refractivity contribution in [3.8, 4) is 0 Å². The third kappa shape index (κ3) is 2.31. The molecule has 1 heterocycles. The van der Waals surface area contributed by atoms with E-state index in [1.54, 1.807) is 0 Å². The predicted octanol–water partition coefficient (Wildman–Crippen LogP) is 1.85. The minimum atomic E-state index is -0.554. The summed E-state index contributed by atoms with van der Waals surface area (Å²) >= 11 is 0. The molecule has 0 spiro atoms. The van der Waals surface area contributed by atoms with Gasteiger partial charge in [-0.05, 0) is 30.9 Å². The fourth-order valence-corrected chi connectivity index (χ4v) is 2.99. The molecule has 0 radical (unpaired) electrons. The van der Waals surface area contributed by atoms with E-state index in [0.29, 0.717) is 24.4 Å². The van der Waals surface area contributed by atoms with Crippen LogP contribution in [-0.2, 0) is 16.0 Å². The van der Waals surface area contributed by atoms with E-state index in [-0.39, 0.29) is 11.9 Å². The number of allylic oxidation sites excluding steroid dienone is 1. The maximum atomic E-state index is 12.4. The first kappa shape index (κ1) is 13.2. The van der Waals surface area contributed by atoms with Crippen molar-refractivity contribution in [3.05, 3.63) is 46.7 Å². The Bertz CT molecular complexity index is 565. The zero-order valence-electron chi connectivity index (χ0n) is 11.6. The second kappa shape index (κ2) is 5.29. The molecule has 2 atom stereocenters. The summed E-state index contributed by atoms with van der Waals surface area (Å²) in [5.74, 6) is 0.581. The Morgan fingerprint density at radius 1 is 1.40 bits per heavy atom. The van der Waals surface area contributed by atoms with Gasteiger partial charge in [0, 0.05) is 6.42 Å². The first-order valence-corrected chi connectivity index (χ1v) is 7.06. The lowest BCUT2D eigenvalue weighted by Gasteiger charge is -2.22. The lowest BCUT2D eigenvalue weighted by molar-refractivity contribution is -0.119. The molecule has 0 fully saturated rings. The van der Waals surface area contributed by atoms with Gasteiger partial charge in [-0.25, -0.2) is 0 Å². The van der Waals surface area contributed by atoms with E-state index in [2.05, 4.69) is 5.32 Å². The number of benzene rings is 1. The van der Waals surface area contributed by atoms with Crippen LogP contribution in [0.3, 0.4) is 0 Å². The van der Waals surface area contributed by atoms with E-state index >= 15 is 0 Å². The van der Waals surface area contributed by atoms with E-state index in [4.69, 9.17) is 4.74 Å². The van der Waals surface area contributed by atoms with E-state index < -0.39 is 6.10 Å². The maximum Gasteiger partial charge on any atom is 0.251 e. The monoisotopic (exact) mass is 273 g/mol. The van der Waals surface area contributed by atoms with Gasteiger partial charge < -0.3 is 15.2 Å². The van der Waals surface area contributed by atoms with Gasteiger partial charge >= 0.3 is 0 Å². The van der Waals surface area contributed by atoms with Crippen LogP contribution in [0.5, 0.6) is 0 Å². The van der Waals surface area contributed by atoms with Crippen LogP contribution in [0.4, 0.5) is 0 Å². The Hall–Kier alpha value is -1.81. The number of amides is 1. The Morgan fingerprint density at radius 2 is 2.20 bits per heavy atom. The zero-order chi connectivity index (χ0) is 14.1. The highest BCUT2D eigenvalue weighted by Crippen LogP contribution is 2.32. The largest absolute Gasteiger partial charge is 0.498 e. The van der Waals surface area contributed by atoms with Gasteiger partial charge in [0.1, 0.15) is 5.76 Å². The van der Waals surface area contributed by atoms with Gasteiger partial charge in [-0.1, -0.05) is 24.3 Å². The van der Waals surface area contributed by atoms with Crippen LogP contribution >= 0.6 is 0 Å². The van der Waals surface area contributed by atoms with Crippen molar-refractivity contribution in [2.75, 3.05) is 6.61 Å². The Balaban J connectivity index is 1.80. The van der Waals surface area contributed by atoms with E-state index in [1.807, 2.05) is 31.2 Å². The molecule has 2 aliphatic rings. The quantitative estimate of drug-likeness (QED) is 0.864. The van der Waals surface area contributed by atoms with Crippen LogP contribution in [-0.4, -0.2) is 23.7 Å². The first-order chi connectivity index (χ1) is 9.66. The first-order valence-electron chi connectivity index (χ1n) is 7.06. The van der Waals surface area contributed by atoms with Crippen molar-refractivity contribution < 1.29 is 14.6 Å². The minimum Gasteiger partial charge on any atom is -0.498 e. The minimum absolute atomic E-state index is 0.122. The van der Waals surface area contributed by atoms with Gasteiger partial charge in [0.25, 0.3) is 5.91 Å². The van der Waals surface area contributed by atoms with Crippen LogP contribution in [0.2, 0.25) is 0 Å². The highest BCUT2D eigenvalue weighted by Gasteiger charge is 2.33. The molecule has 0 bridgehead atoms. The normalized spacial score (nSPS) is 25.1. The Kier molecular flexibility index (Phi) is 3.49. The molecule has 4 nitrogen and oxygen atoms in total. The number of hydrogen-bond acceptors (Lipinski definition) is 3. The number of fused-ring (bicyclic) bond motifs is 1. The molecule has 20 heavy (non-hydrogen) atoms. The van der Waals surface area contributed by atoms with Crippen LogP contribution in [0.1, 0.15) is 36.9 Å². The lowest BCUT2D eigenvalue weighted by atomic mass is 10.0. The molecule has 1 aromatic carbocycles. The summed E-state index contributed by atoms with van der Waals surface area (Å²) in [5, 5.41) is 13.1. The molecule has 3 rings (SSSR count). The van der Waals surface area contributed by atoms with Crippen LogP contribution in [0, 0.1) is 0 Å². The van der Waals surface area contributed by atoms with Crippen molar-refractivity contribution in [3.63, 3.8) is 0 Å². The summed E-state index contributed by atoms with van der Waals surface area (Å²) in [6.45, 7) is 2.50. The van der Waals surface area contributed by atoms with Crippen LogP contribution in [0.15, 0.2) is 35.6 Å². The summed E-state index contributed by atoms with van der Waals surface area (Å²) < 4.78 is 5.43. The van der Waals surface area contributed by atoms with Crippen molar-refractivity contribution in [2.45, 2.75) is 38.3 Å². The zero-order valence-corrected chi connectivity index (χ0v) is 11.6. The second-order valence-electron chi connectivity index (χ2n) is 5.41. The molecule has 1 aromatic rings. The fraction of sp³-hybridized carbons (Fsp3) is 0.438. The summed E-state index contributed by atoms with van der Waals surface area (Å²) in [6.07, 6.45) is 1.64. The molecule has 0 aromatic heterocycles. The van der Waals surface area contributed by atoms with E-state index in [1.165, 1.54) is 0 Å². The molecule has 2 unspecified atom stereocenters. The Morgan fingerprint density at radius 3 is 3.00 bits per heavy atom. The molecule has 0 saturated carbocycles. The molecule has 1 amide bonds. The molecule has 106 valence electrons. The van der Waals surface area contributed by atoms with Gasteiger partial charge in [0.05, 0.1) is 24.3 Å². The summed E-state index contributed by atoms with van der Waals surface area (Å²) in [7, 11) is 0. The van der Waals surface area contributed by atoms with Crippen molar-refractivity contribution >= 4 is 5.91 Å². The number of ether oxygens (including phenoxy) is 1. The van der Waals surface area contributed by atoms with Crippen molar-refractivity contribution in [1.29, 1.82) is 0 Å². The lowest BCUT2D eigenvalue weighted by Crippen LogP contribution is -2.35. The van der Waals surface area contributed by atoms with Gasteiger partial charge in [0.2, 0.25) is 0 Å². The van der Waals surface area contributed by atoms with Gasteiger partial charge in [-0.15, -0.1) is 0 Å². The van der Waals surface area contributed by atoms with Crippen LogP contribution < -0.4 is 5.32 Å². The molecule has 4 heteroatoms. The number of nitrogens with one attached hydrogen (secondary N) is 1. The number of rotatable bonds is 2. The molecule has 2 N–H and O–H groups in total. The highest BCUT2D eigenvalue weighted by atomic mass is 16.5. The van der Waals surface area contributed by atoms with Gasteiger partial charge in [0.15, 0.2) is 0 Å².